The lowest BCUT2D eigenvalue weighted by Gasteiger charge is -2.44. The first kappa shape index (κ1) is 21.1. The number of alkyl carbamates (subject to hydrolysis) is 1. The smallest absolute Gasteiger partial charge is 0.407 e. The van der Waals surface area contributed by atoms with Crippen LogP contribution in [0.1, 0.15) is 30.9 Å². The molecule has 4 aliphatic heterocycles. The van der Waals surface area contributed by atoms with E-state index in [1.807, 2.05) is 38.4 Å². The van der Waals surface area contributed by atoms with Crippen molar-refractivity contribution in [1.29, 1.82) is 0 Å². The van der Waals surface area contributed by atoms with Crippen LogP contribution in [0.5, 0.6) is 5.75 Å². The number of hydrogen-bond donors (Lipinski definition) is 1. The summed E-state index contributed by atoms with van der Waals surface area (Å²) in [4.78, 5) is 16.8. The van der Waals surface area contributed by atoms with Crippen LogP contribution in [0.4, 0.5) is 14.9 Å². The van der Waals surface area contributed by atoms with Gasteiger partial charge in [-0.2, -0.15) is 0 Å². The van der Waals surface area contributed by atoms with Gasteiger partial charge in [0.15, 0.2) is 0 Å². The summed E-state index contributed by atoms with van der Waals surface area (Å²) in [6.07, 6.45) is 2.56. The maximum atomic E-state index is 14.1. The molecule has 6 rings (SSSR count). The van der Waals surface area contributed by atoms with Gasteiger partial charge in [0.25, 0.3) is 0 Å². The lowest BCUT2D eigenvalue weighted by molar-refractivity contribution is -0.0342. The summed E-state index contributed by atoms with van der Waals surface area (Å²) in [5.74, 6) is 0.981. The summed E-state index contributed by atoms with van der Waals surface area (Å²) in [5, 5.41) is 3.06. The zero-order valence-corrected chi connectivity index (χ0v) is 18.6. The van der Waals surface area contributed by atoms with Gasteiger partial charge in [0, 0.05) is 32.6 Å². The number of nitrogens with zero attached hydrogens (tertiary/aromatic N) is 2. The molecule has 0 spiro atoms. The van der Waals surface area contributed by atoms with Crippen molar-refractivity contribution >= 4 is 11.8 Å². The van der Waals surface area contributed by atoms with Crippen LogP contribution >= 0.6 is 0 Å². The van der Waals surface area contributed by atoms with E-state index in [2.05, 4.69) is 10.2 Å². The average molecular weight is 440 g/mol. The molecule has 1 amide bonds. The number of amides is 1. The molecule has 1 unspecified atom stereocenters. The fraction of sp³-hybridized carbons (Fsp3) is 0.480. The minimum absolute atomic E-state index is 0.0106. The summed E-state index contributed by atoms with van der Waals surface area (Å²) in [7, 11) is 3.65. The van der Waals surface area contributed by atoms with Crippen molar-refractivity contribution in [3.63, 3.8) is 0 Å². The Bertz CT molecular complexity index is 1000. The van der Waals surface area contributed by atoms with E-state index in [0.29, 0.717) is 24.6 Å². The minimum atomic E-state index is -0.347. The lowest BCUT2D eigenvalue weighted by Crippen LogP contribution is -2.52. The Morgan fingerprint density at radius 1 is 1.12 bits per heavy atom. The Labute approximate surface area is 188 Å². The van der Waals surface area contributed by atoms with Crippen molar-refractivity contribution in [3.8, 4) is 16.9 Å². The Morgan fingerprint density at radius 2 is 1.88 bits per heavy atom. The van der Waals surface area contributed by atoms with Gasteiger partial charge in [-0.3, -0.25) is 4.90 Å². The maximum absolute atomic E-state index is 14.1. The van der Waals surface area contributed by atoms with Crippen molar-refractivity contribution in [2.45, 2.75) is 31.4 Å². The Kier molecular flexibility index (Phi) is 5.67. The number of rotatable bonds is 4. The van der Waals surface area contributed by atoms with Gasteiger partial charge in [-0.05, 0) is 61.2 Å². The second-order valence-corrected chi connectivity index (χ2v) is 9.23. The highest BCUT2D eigenvalue weighted by atomic mass is 19.1. The molecule has 0 saturated carbocycles. The minimum Gasteiger partial charge on any atom is -0.493 e. The number of carbonyl (C=O) groups is 1. The zero-order chi connectivity index (χ0) is 22.2. The molecule has 32 heavy (non-hydrogen) atoms. The largest absolute Gasteiger partial charge is 0.493 e. The summed E-state index contributed by atoms with van der Waals surface area (Å²) in [6.45, 7) is 3.60. The summed E-state index contributed by atoms with van der Waals surface area (Å²) in [5.41, 5.74) is 3.35. The Balaban J connectivity index is 1.30. The van der Waals surface area contributed by atoms with Gasteiger partial charge in [-0.25, -0.2) is 9.18 Å². The van der Waals surface area contributed by atoms with Crippen LogP contribution in [0.25, 0.3) is 11.1 Å². The molecule has 7 heteroatoms. The number of nitrogens with one attached hydrogen (secondary N) is 1. The van der Waals surface area contributed by atoms with E-state index < -0.39 is 0 Å². The van der Waals surface area contributed by atoms with Crippen molar-refractivity contribution in [2.24, 2.45) is 5.92 Å². The molecule has 4 heterocycles. The maximum Gasteiger partial charge on any atom is 0.407 e. The topological polar surface area (TPSA) is 54.0 Å². The Morgan fingerprint density at radius 3 is 2.59 bits per heavy atom. The van der Waals surface area contributed by atoms with E-state index in [1.165, 1.54) is 6.07 Å². The van der Waals surface area contributed by atoms with Gasteiger partial charge in [-0.15, -0.1) is 0 Å². The molecule has 0 aliphatic carbocycles. The standard InChI is InChI=1S/C25H30FN3O3/c1-28(2)22-13-17(4-6-20(22)26)18-3-5-19-21(9-12-31-23(19)14-18)27-25(30)32-24-15-29-10-7-16(24)8-11-29/h3-6,13-14,16,21,24H,7-12,15H2,1-2H3,(H,27,30)/t21?,24-/m0/s1. The van der Waals surface area contributed by atoms with Crippen LogP contribution in [-0.4, -0.2) is 57.4 Å². The molecule has 2 bridgehead atoms. The van der Waals surface area contributed by atoms with Gasteiger partial charge < -0.3 is 19.7 Å². The van der Waals surface area contributed by atoms with E-state index in [9.17, 15) is 9.18 Å². The van der Waals surface area contributed by atoms with Gasteiger partial charge >= 0.3 is 6.09 Å². The zero-order valence-electron chi connectivity index (χ0n) is 18.6. The summed E-state index contributed by atoms with van der Waals surface area (Å²) < 4.78 is 25.8. The van der Waals surface area contributed by atoms with Crippen LogP contribution in [0.15, 0.2) is 36.4 Å². The molecule has 6 nitrogen and oxygen atoms in total. The fourth-order valence-electron chi connectivity index (χ4n) is 5.11. The predicted molar refractivity (Wildman–Crippen MR) is 122 cm³/mol. The van der Waals surface area contributed by atoms with Crippen LogP contribution in [0.2, 0.25) is 0 Å². The lowest BCUT2D eigenvalue weighted by atomic mass is 9.86. The molecule has 3 saturated heterocycles. The molecule has 3 fully saturated rings. The third-order valence-electron chi connectivity index (χ3n) is 6.96. The molecule has 2 aromatic carbocycles. The second kappa shape index (κ2) is 8.62. The van der Waals surface area contributed by atoms with Crippen molar-refractivity contribution in [3.05, 3.63) is 47.8 Å². The fourth-order valence-corrected chi connectivity index (χ4v) is 5.11. The van der Waals surface area contributed by atoms with Crippen molar-refractivity contribution < 1.29 is 18.7 Å². The Hall–Kier alpha value is -2.80. The monoisotopic (exact) mass is 439 g/mol. The highest BCUT2D eigenvalue weighted by Crippen LogP contribution is 2.37. The van der Waals surface area contributed by atoms with E-state index in [4.69, 9.17) is 9.47 Å². The molecule has 4 aliphatic rings. The van der Waals surface area contributed by atoms with Crippen LogP contribution in [-0.2, 0) is 4.74 Å². The first-order valence-electron chi connectivity index (χ1n) is 11.4. The van der Waals surface area contributed by atoms with Gasteiger partial charge in [0.1, 0.15) is 17.7 Å². The molecule has 0 radical (unpaired) electrons. The second-order valence-electron chi connectivity index (χ2n) is 9.23. The number of fused-ring (bicyclic) bond motifs is 4. The van der Waals surface area contributed by atoms with E-state index in [1.54, 1.807) is 11.0 Å². The SMILES string of the molecule is CN(C)c1cc(-c2ccc3c(c2)OCCC3NC(=O)O[C@H]2CN3CCC2CC3)ccc1F. The number of anilines is 1. The van der Waals surface area contributed by atoms with Crippen molar-refractivity contribution in [2.75, 3.05) is 45.2 Å². The third kappa shape index (κ3) is 4.13. The highest BCUT2D eigenvalue weighted by Gasteiger charge is 2.37. The van der Waals surface area contributed by atoms with Crippen LogP contribution in [0, 0.1) is 11.7 Å². The molecule has 2 atom stereocenters. The number of carbonyl (C=O) groups excluding carboxylic acids is 1. The van der Waals surface area contributed by atoms with Gasteiger partial charge in [0.2, 0.25) is 0 Å². The first-order valence-corrected chi connectivity index (χ1v) is 11.4. The van der Waals surface area contributed by atoms with E-state index in [-0.39, 0.29) is 24.1 Å². The van der Waals surface area contributed by atoms with Crippen molar-refractivity contribution in [1.82, 2.24) is 10.2 Å². The van der Waals surface area contributed by atoms with Gasteiger partial charge in [0.05, 0.1) is 18.3 Å². The quantitative estimate of drug-likeness (QED) is 0.774. The third-order valence-corrected chi connectivity index (χ3v) is 6.96. The first-order chi connectivity index (χ1) is 15.5. The van der Waals surface area contributed by atoms with E-state index >= 15 is 0 Å². The van der Waals surface area contributed by atoms with E-state index in [0.717, 1.165) is 54.9 Å². The summed E-state index contributed by atoms with van der Waals surface area (Å²) in [6, 6.07) is 10.9. The number of benzene rings is 2. The number of halogens is 1. The highest BCUT2D eigenvalue weighted by molar-refractivity contribution is 5.72. The van der Waals surface area contributed by atoms with Gasteiger partial charge in [-0.1, -0.05) is 18.2 Å². The number of piperidine rings is 3. The molecule has 170 valence electrons. The normalized spacial score (nSPS) is 26.1. The predicted octanol–water partition coefficient (Wildman–Crippen LogP) is 4.20. The molecule has 0 aromatic heterocycles. The average Bonchev–Trinajstić information content (AvgIpc) is 2.80. The molecule has 1 N–H and O–H groups in total. The molecular formula is C25H30FN3O3. The van der Waals surface area contributed by atoms with Crippen LogP contribution < -0.4 is 15.0 Å². The van der Waals surface area contributed by atoms with Crippen LogP contribution in [0.3, 0.4) is 0 Å². The molecular weight excluding hydrogens is 409 g/mol. The summed E-state index contributed by atoms with van der Waals surface area (Å²) >= 11 is 0. The number of hydrogen-bond acceptors (Lipinski definition) is 5. The molecule has 2 aromatic rings. The number of ether oxygens (including phenoxy) is 2.